The van der Waals surface area contributed by atoms with E-state index >= 15 is 0 Å². The predicted molar refractivity (Wildman–Crippen MR) is 86.3 cm³/mol. The van der Waals surface area contributed by atoms with E-state index in [9.17, 15) is 4.79 Å². The summed E-state index contributed by atoms with van der Waals surface area (Å²) in [6.45, 7) is 1.23. The molecule has 1 aromatic rings. The molecule has 21 heavy (non-hydrogen) atoms. The molecule has 0 radical (unpaired) electrons. The lowest BCUT2D eigenvalue weighted by atomic mass is 9.84. The monoisotopic (exact) mass is 312 g/mol. The summed E-state index contributed by atoms with van der Waals surface area (Å²) in [5.41, 5.74) is 6.84. The Balaban J connectivity index is 0.00000220. The summed E-state index contributed by atoms with van der Waals surface area (Å²) in [6.07, 6.45) is 4.55. The number of hydrogen-bond donors (Lipinski definition) is 2. The number of halogens is 1. The van der Waals surface area contributed by atoms with Crippen molar-refractivity contribution in [1.29, 1.82) is 0 Å². The molecule has 0 heterocycles. The van der Waals surface area contributed by atoms with Crippen LogP contribution in [0.5, 0.6) is 0 Å². The highest BCUT2D eigenvalue weighted by atomic mass is 35.5. The summed E-state index contributed by atoms with van der Waals surface area (Å²) in [5.74, 6) is 0.383. The Morgan fingerprint density at radius 2 is 1.95 bits per heavy atom. The van der Waals surface area contributed by atoms with Crippen LogP contribution in [0, 0.1) is 5.92 Å². The number of benzene rings is 1. The van der Waals surface area contributed by atoms with Gasteiger partial charge >= 0.3 is 0 Å². The van der Waals surface area contributed by atoms with Crippen molar-refractivity contribution in [2.75, 3.05) is 13.2 Å². The maximum atomic E-state index is 11.9. The second kappa shape index (κ2) is 9.77. The Bertz CT molecular complexity index is 414. The highest BCUT2D eigenvalue weighted by molar-refractivity contribution is 5.85. The van der Waals surface area contributed by atoms with Crippen molar-refractivity contribution in [3.63, 3.8) is 0 Å². The first-order chi connectivity index (χ1) is 9.79. The first-order valence-corrected chi connectivity index (χ1v) is 7.40. The number of amides is 1. The molecule has 3 N–H and O–H groups in total. The first-order valence-electron chi connectivity index (χ1n) is 7.40. The molecule has 1 aromatic carbocycles. The summed E-state index contributed by atoms with van der Waals surface area (Å²) in [6, 6.07) is 10.1. The van der Waals surface area contributed by atoms with Gasteiger partial charge < -0.3 is 15.8 Å². The van der Waals surface area contributed by atoms with E-state index in [-0.39, 0.29) is 31.0 Å². The maximum Gasteiger partial charge on any atom is 0.246 e. The number of nitrogens with two attached hydrogens (primary N) is 1. The number of carbonyl (C=O) groups is 1. The average molecular weight is 313 g/mol. The van der Waals surface area contributed by atoms with Crippen LogP contribution >= 0.6 is 12.4 Å². The minimum atomic E-state index is -0.0359. The highest BCUT2D eigenvalue weighted by Crippen LogP contribution is 2.23. The Morgan fingerprint density at radius 3 is 2.67 bits per heavy atom. The zero-order chi connectivity index (χ0) is 14.2. The van der Waals surface area contributed by atoms with Gasteiger partial charge in [0.2, 0.25) is 5.91 Å². The Hall–Kier alpha value is -1.10. The lowest BCUT2D eigenvalue weighted by Crippen LogP contribution is -2.45. The second-order valence-corrected chi connectivity index (χ2v) is 5.43. The molecule has 2 rings (SSSR count). The molecule has 0 saturated heterocycles. The van der Waals surface area contributed by atoms with E-state index in [1.807, 2.05) is 30.3 Å². The van der Waals surface area contributed by atoms with Crippen molar-refractivity contribution >= 4 is 18.3 Å². The standard InChI is InChI=1S/C16H24N2O2.ClH/c17-10-14-8-4-5-9-15(14)18-16(19)12-20-11-13-6-2-1-3-7-13;/h1-3,6-7,14-15H,4-5,8-12,17H2,(H,18,19);1H. The average Bonchev–Trinajstić information content (AvgIpc) is 2.49. The summed E-state index contributed by atoms with van der Waals surface area (Å²) >= 11 is 0. The van der Waals surface area contributed by atoms with Crippen LogP contribution in [-0.2, 0) is 16.1 Å². The Labute approximate surface area is 132 Å². The summed E-state index contributed by atoms with van der Waals surface area (Å²) in [4.78, 5) is 11.9. The predicted octanol–water partition coefficient (Wildman–Crippen LogP) is 2.26. The summed E-state index contributed by atoms with van der Waals surface area (Å²) in [7, 11) is 0. The van der Waals surface area contributed by atoms with E-state index in [1.165, 1.54) is 12.8 Å². The second-order valence-electron chi connectivity index (χ2n) is 5.43. The van der Waals surface area contributed by atoms with Crippen LogP contribution in [0.1, 0.15) is 31.2 Å². The zero-order valence-electron chi connectivity index (χ0n) is 12.3. The lowest BCUT2D eigenvalue weighted by Gasteiger charge is -2.31. The molecular weight excluding hydrogens is 288 g/mol. The molecule has 4 nitrogen and oxygen atoms in total. The van der Waals surface area contributed by atoms with Gasteiger partial charge in [-0.2, -0.15) is 0 Å². The fourth-order valence-corrected chi connectivity index (χ4v) is 2.76. The molecule has 1 aliphatic rings. The largest absolute Gasteiger partial charge is 0.367 e. The maximum absolute atomic E-state index is 11.9. The van der Waals surface area contributed by atoms with Crippen LogP contribution in [-0.4, -0.2) is 25.1 Å². The number of ether oxygens (including phenoxy) is 1. The van der Waals surface area contributed by atoms with Crippen molar-refractivity contribution in [2.24, 2.45) is 11.7 Å². The van der Waals surface area contributed by atoms with Crippen LogP contribution in [0.25, 0.3) is 0 Å². The van der Waals surface area contributed by atoms with E-state index in [4.69, 9.17) is 10.5 Å². The first kappa shape index (κ1) is 18.0. The molecule has 118 valence electrons. The van der Waals surface area contributed by atoms with Crippen LogP contribution in [0.2, 0.25) is 0 Å². The number of nitrogens with one attached hydrogen (secondary N) is 1. The highest BCUT2D eigenvalue weighted by Gasteiger charge is 2.25. The number of rotatable bonds is 6. The topological polar surface area (TPSA) is 64.3 Å². The molecule has 2 atom stereocenters. The fraction of sp³-hybridized carbons (Fsp3) is 0.562. The van der Waals surface area contributed by atoms with E-state index in [1.54, 1.807) is 0 Å². The van der Waals surface area contributed by atoms with Crippen molar-refractivity contribution in [2.45, 2.75) is 38.3 Å². The molecular formula is C16H25ClN2O2. The van der Waals surface area contributed by atoms with E-state index < -0.39 is 0 Å². The molecule has 0 aromatic heterocycles. The van der Waals surface area contributed by atoms with Crippen molar-refractivity contribution in [3.05, 3.63) is 35.9 Å². The smallest absolute Gasteiger partial charge is 0.246 e. The van der Waals surface area contributed by atoms with Crippen LogP contribution in [0.3, 0.4) is 0 Å². The molecule has 1 fully saturated rings. The van der Waals surface area contributed by atoms with Crippen molar-refractivity contribution in [3.8, 4) is 0 Å². The van der Waals surface area contributed by atoms with Crippen molar-refractivity contribution in [1.82, 2.24) is 5.32 Å². The Kier molecular flexibility index (Phi) is 8.35. The third-order valence-corrected chi connectivity index (χ3v) is 3.90. The normalized spacial score (nSPS) is 21.4. The minimum absolute atomic E-state index is 0. The Morgan fingerprint density at radius 1 is 1.24 bits per heavy atom. The molecule has 1 amide bonds. The fourth-order valence-electron chi connectivity index (χ4n) is 2.76. The van der Waals surface area contributed by atoms with Crippen LogP contribution < -0.4 is 11.1 Å². The van der Waals surface area contributed by atoms with Gasteiger partial charge in [0.25, 0.3) is 0 Å². The molecule has 0 bridgehead atoms. The van der Waals surface area contributed by atoms with E-state index in [2.05, 4.69) is 5.32 Å². The quantitative estimate of drug-likeness (QED) is 0.847. The van der Waals surface area contributed by atoms with Gasteiger partial charge in [0.05, 0.1) is 6.61 Å². The molecule has 1 aliphatic carbocycles. The summed E-state index contributed by atoms with van der Waals surface area (Å²) < 4.78 is 5.45. The number of hydrogen-bond acceptors (Lipinski definition) is 3. The third kappa shape index (κ3) is 6.04. The third-order valence-electron chi connectivity index (χ3n) is 3.90. The number of carbonyl (C=O) groups excluding carboxylic acids is 1. The molecule has 1 saturated carbocycles. The van der Waals surface area contributed by atoms with Gasteiger partial charge in [-0.05, 0) is 30.9 Å². The van der Waals surface area contributed by atoms with E-state index in [0.29, 0.717) is 19.1 Å². The molecule has 0 spiro atoms. The van der Waals surface area contributed by atoms with Gasteiger partial charge in [-0.1, -0.05) is 43.2 Å². The minimum Gasteiger partial charge on any atom is -0.367 e. The van der Waals surface area contributed by atoms with Gasteiger partial charge in [-0.15, -0.1) is 12.4 Å². The molecule has 2 unspecified atom stereocenters. The van der Waals surface area contributed by atoms with Gasteiger partial charge in [0, 0.05) is 6.04 Å². The zero-order valence-corrected chi connectivity index (χ0v) is 13.1. The van der Waals surface area contributed by atoms with Gasteiger partial charge in [0.1, 0.15) is 6.61 Å². The lowest BCUT2D eigenvalue weighted by molar-refractivity contribution is -0.127. The summed E-state index contributed by atoms with van der Waals surface area (Å²) in [5, 5.41) is 3.06. The van der Waals surface area contributed by atoms with Gasteiger partial charge in [-0.25, -0.2) is 0 Å². The van der Waals surface area contributed by atoms with Gasteiger partial charge in [-0.3, -0.25) is 4.79 Å². The molecule has 5 heteroatoms. The van der Waals surface area contributed by atoms with Gasteiger partial charge in [0.15, 0.2) is 0 Å². The van der Waals surface area contributed by atoms with E-state index in [0.717, 1.165) is 18.4 Å². The van der Waals surface area contributed by atoms with Crippen molar-refractivity contribution < 1.29 is 9.53 Å². The van der Waals surface area contributed by atoms with Crippen LogP contribution in [0.15, 0.2) is 30.3 Å². The SMILES string of the molecule is Cl.NCC1CCCCC1NC(=O)COCc1ccccc1. The molecule has 0 aliphatic heterocycles. The van der Waals surface area contributed by atoms with Crippen LogP contribution in [0.4, 0.5) is 0 Å².